The van der Waals surface area contributed by atoms with Crippen LogP contribution in [0.25, 0.3) is 5.57 Å². The monoisotopic (exact) mass is 602 g/mol. The van der Waals surface area contributed by atoms with Crippen LogP contribution in [0.2, 0.25) is 0 Å². The van der Waals surface area contributed by atoms with Crippen molar-refractivity contribution in [2.75, 3.05) is 12.0 Å². The number of allylic oxidation sites excluding steroid dienone is 2. The van der Waals surface area contributed by atoms with Gasteiger partial charge in [-0.3, -0.25) is 4.79 Å². The van der Waals surface area contributed by atoms with Gasteiger partial charge in [0, 0.05) is 16.8 Å². The van der Waals surface area contributed by atoms with Crippen molar-refractivity contribution in [3.8, 4) is 0 Å². The van der Waals surface area contributed by atoms with Crippen LogP contribution in [0, 0.1) is 17.8 Å². The van der Waals surface area contributed by atoms with Crippen LogP contribution in [0.5, 0.6) is 0 Å². The minimum atomic E-state index is -1.01. The first kappa shape index (κ1) is 32.0. The predicted molar refractivity (Wildman–Crippen MR) is 163 cm³/mol. The van der Waals surface area contributed by atoms with Gasteiger partial charge in [-0.05, 0) is 101 Å². The summed E-state index contributed by atoms with van der Waals surface area (Å²) >= 11 is 1.27. The van der Waals surface area contributed by atoms with E-state index < -0.39 is 24.1 Å². The van der Waals surface area contributed by atoms with Crippen LogP contribution < -0.4 is 10.2 Å². The van der Waals surface area contributed by atoms with Gasteiger partial charge in [-0.2, -0.15) is 0 Å². The van der Waals surface area contributed by atoms with E-state index in [-0.39, 0.29) is 34.8 Å². The number of ether oxygens (including phenoxy) is 2. The molecule has 1 heterocycles. The molecule has 10 heteroatoms. The summed E-state index contributed by atoms with van der Waals surface area (Å²) in [5.41, 5.74) is 1.69. The highest BCUT2D eigenvalue weighted by Gasteiger charge is 2.38. The Morgan fingerprint density at radius 1 is 1.02 bits per heavy atom. The fourth-order valence-corrected chi connectivity index (χ4v) is 7.55. The summed E-state index contributed by atoms with van der Waals surface area (Å²) in [6.07, 6.45) is 11.2. The minimum absolute atomic E-state index is 0.0198. The van der Waals surface area contributed by atoms with Crippen LogP contribution in [0.1, 0.15) is 112 Å². The zero-order chi connectivity index (χ0) is 30.4. The number of nitrogens with one attached hydrogen (secondary N) is 1. The summed E-state index contributed by atoms with van der Waals surface area (Å²) in [5, 5.41) is 12.8. The standard InChI is InChI=1S/C32H46N2O7S/c1-19(2)27(31(38)40-4)33-32(39)41-24-16-14-23(15-17-24)34(29(35)22-12-10-20(3)11-13-22)25-18-26(42-28(25)30(36)37)21-8-6-5-7-9-21/h8,18-20,22-24,27H,5-7,9-17H2,1-4H3,(H,33,39)(H,36,37)/t20?,22?,23-,24-,27?. The second-order valence-corrected chi connectivity index (χ2v) is 13.5. The molecular weight excluding hydrogens is 556 g/mol. The number of nitrogens with zero attached hydrogens (tertiary/aromatic N) is 1. The smallest absolute Gasteiger partial charge is 0.408 e. The molecular formula is C32H46N2O7S. The number of rotatable bonds is 9. The van der Waals surface area contributed by atoms with E-state index >= 15 is 0 Å². The topological polar surface area (TPSA) is 122 Å². The molecule has 0 radical (unpaired) electrons. The van der Waals surface area contributed by atoms with Crippen molar-refractivity contribution in [1.82, 2.24) is 5.32 Å². The lowest BCUT2D eigenvalue weighted by atomic mass is 9.81. The van der Waals surface area contributed by atoms with Gasteiger partial charge in [0.05, 0.1) is 12.8 Å². The number of hydrogen-bond acceptors (Lipinski definition) is 7. The summed E-state index contributed by atoms with van der Waals surface area (Å²) in [7, 11) is 1.28. The van der Waals surface area contributed by atoms with Crippen molar-refractivity contribution < 1.29 is 33.8 Å². The normalized spacial score (nSPS) is 25.2. The molecule has 0 spiro atoms. The van der Waals surface area contributed by atoms with Crippen molar-refractivity contribution in [2.45, 2.75) is 116 Å². The van der Waals surface area contributed by atoms with E-state index in [4.69, 9.17) is 9.47 Å². The lowest BCUT2D eigenvalue weighted by Crippen LogP contribution is -2.48. The molecule has 1 atom stereocenters. The highest BCUT2D eigenvalue weighted by Crippen LogP contribution is 2.42. The summed E-state index contributed by atoms with van der Waals surface area (Å²) in [4.78, 5) is 54.3. The molecule has 1 aromatic rings. The van der Waals surface area contributed by atoms with Crippen LogP contribution in [0.15, 0.2) is 12.1 Å². The van der Waals surface area contributed by atoms with Crippen molar-refractivity contribution in [3.63, 3.8) is 0 Å². The predicted octanol–water partition coefficient (Wildman–Crippen LogP) is 6.80. The van der Waals surface area contributed by atoms with Gasteiger partial charge in [0.15, 0.2) is 0 Å². The molecule has 4 rings (SSSR count). The zero-order valence-electron chi connectivity index (χ0n) is 25.4. The number of hydrogen-bond donors (Lipinski definition) is 2. The van der Waals surface area contributed by atoms with Gasteiger partial charge in [-0.15, -0.1) is 11.3 Å². The molecule has 2 N–H and O–H groups in total. The van der Waals surface area contributed by atoms with Crippen LogP contribution in [-0.2, 0) is 19.1 Å². The van der Waals surface area contributed by atoms with Crippen molar-refractivity contribution >= 4 is 46.5 Å². The Morgan fingerprint density at radius 3 is 2.29 bits per heavy atom. The number of alkyl carbamates (subject to hydrolysis) is 1. The molecule has 2 amide bonds. The molecule has 9 nitrogen and oxygen atoms in total. The van der Waals surface area contributed by atoms with Crippen molar-refractivity contribution in [2.24, 2.45) is 17.8 Å². The molecule has 0 bridgehead atoms. The molecule has 0 aromatic carbocycles. The van der Waals surface area contributed by atoms with Gasteiger partial charge >= 0.3 is 18.0 Å². The van der Waals surface area contributed by atoms with E-state index in [0.717, 1.165) is 56.2 Å². The molecule has 0 aliphatic heterocycles. The summed E-state index contributed by atoms with van der Waals surface area (Å²) in [6.45, 7) is 5.85. The van der Waals surface area contributed by atoms with E-state index in [1.165, 1.54) is 24.0 Å². The third-order valence-corrected chi connectivity index (χ3v) is 10.2. The van der Waals surface area contributed by atoms with E-state index in [0.29, 0.717) is 37.3 Å². The molecule has 3 aliphatic rings. The Morgan fingerprint density at radius 2 is 1.71 bits per heavy atom. The highest BCUT2D eigenvalue weighted by molar-refractivity contribution is 7.15. The Bertz CT molecular complexity index is 1160. The molecule has 3 aliphatic carbocycles. The minimum Gasteiger partial charge on any atom is -0.477 e. The van der Waals surface area contributed by atoms with E-state index in [2.05, 4.69) is 18.3 Å². The molecule has 1 unspecified atom stereocenters. The Hall–Kier alpha value is -2.88. The maximum absolute atomic E-state index is 14.2. The Labute approximate surface area is 253 Å². The van der Waals surface area contributed by atoms with Gasteiger partial charge in [-0.1, -0.05) is 26.8 Å². The maximum atomic E-state index is 14.2. The van der Waals surface area contributed by atoms with Gasteiger partial charge < -0.3 is 24.8 Å². The number of amides is 2. The van der Waals surface area contributed by atoms with Crippen LogP contribution in [-0.4, -0.2) is 54.3 Å². The van der Waals surface area contributed by atoms with E-state index in [9.17, 15) is 24.3 Å². The number of esters is 1. The number of carboxylic acids is 1. The second-order valence-electron chi connectivity index (χ2n) is 12.5. The average Bonchev–Trinajstić information content (AvgIpc) is 3.42. The molecule has 2 fully saturated rings. The fraction of sp³-hybridized carbons (Fsp3) is 0.688. The third kappa shape index (κ3) is 7.74. The Balaban J connectivity index is 1.53. The third-order valence-electron chi connectivity index (χ3n) is 9.05. The maximum Gasteiger partial charge on any atom is 0.408 e. The SMILES string of the molecule is COC(=O)C(NC(=O)O[C@H]1CC[C@H](N(C(=O)C2CCC(C)CC2)c2cc(C3=CCCCC3)sc2C(=O)O)CC1)C(C)C. The highest BCUT2D eigenvalue weighted by atomic mass is 32.1. The fourth-order valence-electron chi connectivity index (χ4n) is 6.49. The van der Waals surface area contributed by atoms with E-state index in [1.807, 2.05) is 19.9 Å². The van der Waals surface area contributed by atoms with Gasteiger partial charge in [0.1, 0.15) is 17.0 Å². The number of carboxylic acid groups (broad SMARTS) is 1. The second kappa shape index (κ2) is 14.5. The number of carbonyl (C=O) groups excluding carboxylic acids is 3. The first-order chi connectivity index (χ1) is 20.1. The number of carbonyl (C=O) groups is 4. The van der Waals surface area contributed by atoms with Gasteiger partial charge in [0.2, 0.25) is 5.91 Å². The van der Waals surface area contributed by atoms with Crippen molar-refractivity contribution in [3.05, 3.63) is 21.9 Å². The molecule has 232 valence electrons. The molecule has 0 saturated heterocycles. The van der Waals surface area contributed by atoms with E-state index in [1.54, 1.807) is 4.90 Å². The lowest BCUT2D eigenvalue weighted by molar-refractivity contribution is -0.144. The quantitative estimate of drug-likeness (QED) is 0.298. The zero-order valence-corrected chi connectivity index (χ0v) is 26.2. The number of anilines is 1. The average molecular weight is 603 g/mol. The molecule has 1 aromatic heterocycles. The first-order valence-electron chi connectivity index (χ1n) is 15.5. The number of methoxy groups -OCH3 is 1. The van der Waals surface area contributed by atoms with Crippen LogP contribution >= 0.6 is 11.3 Å². The summed E-state index contributed by atoms with van der Waals surface area (Å²) in [6, 6.07) is 0.953. The number of thiophene rings is 1. The summed E-state index contributed by atoms with van der Waals surface area (Å²) < 4.78 is 10.5. The van der Waals surface area contributed by atoms with Gasteiger partial charge in [-0.25, -0.2) is 14.4 Å². The van der Waals surface area contributed by atoms with Crippen molar-refractivity contribution in [1.29, 1.82) is 0 Å². The largest absolute Gasteiger partial charge is 0.477 e. The summed E-state index contributed by atoms with van der Waals surface area (Å²) in [5.74, 6) is -1.20. The first-order valence-corrected chi connectivity index (χ1v) is 16.3. The Kier molecular flexibility index (Phi) is 11.1. The van der Waals surface area contributed by atoms with Crippen LogP contribution in [0.4, 0.5) is 10.5 Å². The number of aromatic carboxylic acids is 1. The molecule has 42 heavy (non-hydrogen) atoms. The lowest BCUT2D eigenvalue weighted by Gasteiger charge is -2.39. The van der Waals surface area contributed by atoms with Crippen LogP contribution in [0.3, 0.4) is 0 Å². The molecule has 2 saturated carbocycles. The van der Waals surface area contributed by atoms with Gasteiger partial charge in [0.25, 0.3) is 0 Å².